The Morgan fingerprint density at radius 2 is 1.70 bits per heavy atom. The molecule has 0 saturated carbocycles. The van der Waals surface area contributed by atoms with Crippen LogP contribution in [0.4, 0.5) is 0 Å². The molecule has 0 saturated heterocycles. The molecule has 5 nitrogen and oxygen atoms in total. The summed E-state index contributed by atoms with van der Waals surface area (Å²) in [6, 6.07) is 19.1. The Balaban J connectivity index is 1.82. The predicted molar refractivity (Wildman–Crippen MR) is 106 cm³/mol. The fourth-order valence-electron chi connectivity index (χ4n) is 3.15. The molecule has 0 spiro atoms. The van der Waals surface area contributed by atoms with Crippen molar-refractivity contribution in [2.24, 2.45) is 7.05 Å². The zero-order chi connectivity index (χ0) is 19.0. The van der Waals surface area contributed by atoms with Gasteiger partial charge in [0.1, 0.15) is 16.8 Å². The summed E-state index contributed by atoms with van der Waals surface area (Å²) in [5.41, 5.74) is 3.44. The highest BCUT2D eigenvalue weighted by atomic mass is 16.5. The van der Waals surface area contributed by atoms with E-state index in [1.807, 2.05) is 74.5 Å². The number of hydrogen-bond donors (Lipinski definition) is 0. The quantitative estimate of drug-likeness (QED) is 0.532. The zero-order valence-electron chi connectivity index (χ0n) is 15.5. The van der Waals surface area contributed by atoms with Gasteiger partial charge in [0.2, 0.25) is 0 Å². The minimum atomic E-state index is -0.134. The third-order valence-electron chi connectivity index (χ3n) is 4.44. The van der Waals surface area contributed by atoms with Crippen molar-refractivity contribution in [3.8, 4) is 28.3 Å². The van der Waals surface area contributed by atoms with Gasteiger partial charge in [-0.1, -0.05) is 35.5 Å². The Hall–Kier alpha value is -3.34. The predicted octanol–water partition coefficient (Wildman–Crippen LogP) is 4.65. The Morgan fingerprint density at radius 1 is 1.00 bits per heavy atom. The smallest absolute Gasteiger partial charge is 0.264 e. The van der Waals surface area contributed by atoms with Gasteiger partial charge in [0.05, 0.1) is 11.8 Å². The lowest BCUT2D eigenvalue weighted by Crippen LogP contribution is -2.18. The van der Waals surface area contributed by atoms with E-state index in [-0.39, 0.29) is 11.7 Å². The van der Waals surface area contributed by atoms with Crippen LogP contribution in [0.25, 0.3) is 33.5 Å². The fourth-order valence-corrected chi connectivity index (χ4v) is 3.15. The van der Waals surface area contributed by atoms with Crippen molar-refractivity contribution >= 4 is 11.0 Å². The Kier molecular flexibility index (Phi) is 4.28. The Labute approximate surface area is 156 Å². The zero-order valence-corrected chi connectivity index (χ0v) is 15.5. The molecule has 4 aromatic rings. The second-order valence-corrected chi connectivity index (χ2v) is 6.72. The van der Waals surface area contributed by atoms with Gasteiger partial charge in [-0.15, -0.1) is 0 Å². The first kappa shape index (κ1) is 17.1. The number of rotatable bonds is 4. The molecule has 0 N–H and O–H groups in total. The summed E-state index contributed by atoms with van der Waals surface area (Å²) in [6.45, 7) is 3.97. The van der Waals surface area contributed by atoms with Crippen LogP contribution in [0.15, 0.2) is 70.0 Å². The van der Waals surface area contributed by atoms with E-state index in [0.717, 1.165) is 22.6 Å². The number of nitrogens with zero attached hydrogens (tertiary/aromatic N) is 2. The maximum Gasteiger partial charge on any atom is 0.264 e. The molecule has 27 heavy (non-hydrogen) atoms. The van der Waals surface area contributed by atoms with E-state index in [0.29, 0.717) is 16.7 Å². The van der Waals surface area contributed by atoms with Crippen LogP contribution in [0.1, 0.15) is 13.8 Å². The molecule has 0 bridgehead atoms. The maximum absolute atomic E-state index is 13.0. The molecule has 136 valence electrons. The second kappa shape index (κ2) is 6.76. The summed E-state index contributed by atoms with van der Waals surface area (Å²) in [7, 11) is 1.76. The molecule has 0 unspecified atom stereocenters. The van der Waals surface area contributed by atoms with E-state index in [9.17, 15) is 4.79 Å². The van der Waals surface area contributed by atoms with Gasteiger partial charge in [0.25, 0.3) is 5.56 Å². The summed E-state index contributed by atoms with van der Waals surface area (Å²) >= 11 is 0. The molecule has 2 aromatic heterocycles. The summed E-state index contributed by atoms with van der Waals surface area (Å²) in [4.78, 5) is 13.0. The van der Waals surface area contributed by atoms with Gasteiger partial charge in [-0.05, 0) is 43.7 Å². The van der Waals surface area contributed by atoms with Gasteiger partial charge in [-0.25, -0.2) is 0 Å². The van der Waals surface area contributed by atoms with Gasteiger partial charge in [0.15, 0.2) is 5.58 Å². The van der Waals surface area contributed by atoms with Crippen LogP contribution in [0.2, 0.25) is 0 Å². The number of pyridine rings is 1. The molecule has 0 aliphatic rings. The highest BCUT2D eigenvalue weighted by Crippen LogP contribution is 2.29. The number of fused-ring (bicyclic) bond motifs is 1. The number of aromatic nitrogens is 2. The van der Waals surface area contributed by atoms with E-state index in [1.165, 1.54) is 0 Å². The first-order valence-electron chi connectivity index (χ1n) is 8.86. The molecular formula is C22H20N2O3. The Morgan fingerprint density at radius 3 is 2.37 bits per heavy atom. The van der Waals surface area contributed by atoms with E-state index in [2.05, 4.69) is 5.16 Å². The minimum absolute atomic E-state index is 0.113. The second-order valence-electron chi connectivity index (χ2n) is 6.72. The van der Waals surface area contributed by atoms with Gasteiger partial charge in [0, 0.05) is 18.7 Å². The first-order valence-corrected chi connectivity index (χ1v) is 8.86. The van der Waals surface area contributed by atoms with Crippen molar-refractivity contribution in [3.05, 3.63) is 71.0 Å². The third kappa shape index (κ3) is 3.12. The molecule has 2 aromatic carbocycles. The monoisotopic (exact) mass is 360 g/mol. The lowest BCUT2D eigenvalue weighted by atomic mass is 10.1. The summed E-state index contributed by atoms with van der Waals surface area (Å²) in [5.74, 6) is 0.797. The molecule has 0 fully saturated rings. The van der Waals surface area contributed by atoms with Crippen LogP contribution in [-0.4, -0.2) is 15.8 Å². The summed E-state index contributed by atoms with van der Waals surface area (Å²) in [6.07, 6.45) is 0.113. The van der Waals surface area contributed by atoms with E-state index >= 15 is 0 Å². The average Bonchev–Trinajstić information content (AvgIpc) is 3.10. The van der Waals surface area contributed by atoms with Crippen LogP contribution in [-0.2, 0) is 7.05 Å². The van der Waals surface area contributed by atoms with Gasteiger partial charge in [-0.3, -0.25) is 4.79 Å². The third-order valence-corrected chi connectivity index (χ3v) is 4.44. The molecule has 2 heterocycles. The molecule has 5 heteroatoms. The van der Waals surface area contributed by atoms with Crippen LogP contribution in [0.3, 0.4) is 0 Å². The largest absolute Gasteiger partial charge is 0.491 e. The van der Waals surface area contributed by atoms with Crippen LogP contribution < -0.4 is 10.3 Å². The van der Waals surface area contributed by atoms with Crippen LogP contribution in [0, 0.1) is 0 Å². The van der Waals surface area contributed by atoms with Crippen molar-refractivity contribution in [2.75, 3.05) is 0 Å². The maximum atomic E-state index is 13.0. The van der Waals surface area contributed by atoms with Crippen molar-refractivity contribution < 1.29 is 9.26 Å². The van der Waals surface area contributed by atoms with Crippen LogP contribution >= 0.6 is 0 Å². The standard InChI is InChI=1S/C22H20N2O3/c1-14(2)26-17-11-9-15(10-12-17)18-13-19-20(22(25)24(18)3)21(23-27-19)16-7-5-4-6-8-16/h4-14H,1-3H3. The minimum Gasteiger partial charge on any atom is -0.491 e. The highest BCUT2D eigenvalue weighted by Gasteiger charge is 2.18. The van der Waals surface area contributed by atoms with Gasteiger partial charge in [-0.2, -0.15) is 0 Å². The fraction of sp³-hybridized carbons (Fsp3) is 0.182. The molecule has 0 aliphatic heterocycles. The van der Waals surface area contributed by atoms with E-state index in [4.69, 9.17) is 9.26 Å². The average molecular weight is 360 g/mol. The van der Waals surface area contributed by atoms with E-state index < -0.39 is 0 Å². The van der Waals surface area contributed by atoms with Crippen molar-refractivity contribution in [2.45, 2.75) is 20.0 Å². The van der Waals surface area contributed by atoms with Gasteiger partial charge < -0.3 is 13.8 Å². The Bertz CT molecular complexity index is 1140. The lowest BCUT2D eigenvalue weighted by Gasteiger charge is -2.12. The number of ether oxygens (including phenoxy) is 1. The summed E-state index contributed by atoms with van der Waals surface area (Å²) < 4.78 is 12.8. The SMILES string of the molecule is CC(C)Oc1ccc(-c2cc3onc(-c4ccccc4)c3c(=O)n2C)cc1. The molecule has 0 aliphatic carbocycles. The normalized spacial score (nSPS) is 11.3. The number of hydrogen-bond acceptors (Lipinski definition) is 4. The summed E-state index contributed by atoms with van der Waals surface area (Å²) in [5, 5.41) is 4.63. The van der Waals surface area contributed by atoms with E-state index in [1.54, 1.807) is 11.6 Å². The molecule has 0 radical (unpaired) electrons. The van der Waals surface area contributed by atoms with Gasteiger partial charge >= 0.3 is 0 Å². The van der Waals surface area contributed by atoms with Crippen molar-refractivity contribution in [1.82, 2.24) is 9.72 Å². The first-order chi connectivity index (χ1) is 13.0. The molecule has 0 atom stereocenters. The molecule has 4 rings (SSSR count). The van der Waals surface area contributed by atoms with Crippen molar-refractivity contribution in [1.29, 1.82) is 0 Å². The topological polar surface area (TPSA) is 57.3 Å². The van der Waals surface area contributed by atoms with Crippen molar-refractivity contribution in [3.63, 3.8) is 0 Å². The lowest BCUT2D eigenvalue weighted by molar-refractivity contribution is 0.242. The molecular weight excluding hydrogens is 340 g/mol. The molecule has 0 amide bonds. The highest BCUT2D eigenvalue weighted by molar-refractivity contribution is 5.92. The van der Waals surface area contributed by atoms with Crippen LogP contribution in [0.5, 0.6) is 5.75 Å². The number of benzene rings is 2.